The number of aliphatic hydroxyl groups excluding tert-OH is 23. The van der Waals surface area contributed by atoms with Gasteiger partial charge in [0.1, 0.15) is 195 Å². The lowest BCUT2D eigenvalue weighted by molar-refractivity contribution is -0.389. The lowest BCUT2D eigenvalue weighted by atomic mass is 9.93. The Balaban J connectivity index is 0.966. The molecule has 4 amide bonds. The van der Waals surface area contributed by atoms with Gasteiger partial charge >= 0.3 is 0 Å². The van der Waals surface area contributed by atoms with Crippen LogP contribution >= 0.6 is 0 Å². The fourth-order valence-corrected chi connectivity index (χ4v) is 19.1. The van der Waals surface area contributed by atoms with Gasteiger partial charge in [-0.25, -0.2) is 0 Å². The number of carbonyl (C=O) groups is 4. The molecule has 8 fully saturated rings. The van der Waals surface area contributed by atoms with Crippen molar-refractivity contribution in [2.45, 2.75) is 498 Å². The van der Waals surface area contributed by atoms with Gasteiger partial charge in [0.05, 0.1) is 71.6 Å². The lowest BCUT2D eigenvalue weighted by Gasteiger charge is -2.51. The highest BCUT2D eigenvalue weighted by Gasteiger charge is 2.60. The minimum Gasteiger partial charge on any atom is -0.394 e. The minimum absolute atomic E-state index is 0.141. The van der Waals surface area contributed by atoms with E-state index >= 15 is 0 Å². The van der Waals surface area contributed by atoms with Crippen LogP contribution in [0.1, 0.15) is 240 Å². The van der Waals surface area contributed by atoms with Crippen LogP contribution in [0.15, 0.2) is 12.2 Å². The van der Waals surface area contributed by atoms with E-state index in [1.807, 2.05) is 6.08 Å². The molecule has 8 rings (SSSR count). The van der Waals surface area contributed by atoms with Crippen molar-refractivity contribution in [2.75, 3.05) is 59.5 Å². The molecule has 0 aliphatic carbocycles. The summed E-state index contributed by atoms with van der Waals surface area (Å²) in [6, 6.07) is -6.85. The molecule has 0 radical (unpaired) electrons. The van der Waals surface area contributed by atoms with Gasteiger partial charge in [-0.3, -0.25) is 19.2 Å². The number of unbranched alkanes of at least 4 members (excludes halogenated alkanes) is 29. The molecule has 8 saturated heterocycles. The van der Waals surface area contributed by atoms with Gasteiger partial charge < -0.3 is 215 Å². The van der Waals surface area contributed by atoms with Crippen LogP contribution in [0.3, 0.4) is 0 Å². The summed E-state index contributed by atoms with van der Waals surface area (Å²) in [4.78, 5) is 53.0. The average Bonchev–Trinajstić information content (AvgIpc) is 0.769. The zero-order valence-electron chi connectivity index (χ0n) is 81.8. The number of amides is 4. The van der Waals surface area contributed by atoms with Crippen LogP contribution in [0.5, 0.6) is 0 Å². The number of hydrogen-bond donors (Lipinski definition) is 27. The van der Waals surface area contributed by atoms with E-state index in [2.05, 4.69) is 35.1 Å². The number of nitrogens with one attached hydrogen (secondary N) is 4. The summed E-state index contributed by atoms with van der Waals surface area (Å²) in [5.41, 5.74) is 0. The van der Waals surface area contributed by atoms with Crippen LogP contribution in [0.25, 0.3) is 0 Å². The Morgan fingerprint density at radius 3 is 0.915 bits per heavy atom. The van der Waals surface area contributed by atoms with E-state index in [1.54, 1.807) is 6.08 Å². The summed E-state index contributed by atoms with van der Waals surface area (Å²) < 4.78 is 95.9. The highest BCUT2D eigenvalue weighted by Crippen LogP contribution is 2.40. The zero-order valence-corrected chi connectivity index (χ0v) is 81.8. The summed E-state index contributed by atoms with van der Waals surface area (Å²) in [5, 5.41) is 270. The smallest absolute Gasteiger partial charge is 0.220 e. The van der Waals surface area contributed by atoms with E-state index in [0.717, 1.165) is 78.6 Å². The molecule has 47 heteroatoms. The Kier molecular flexibility index (Phi) is 55.4. The van der Waals surface area contributed by atoms with E-state index in [0.29, 0.717) is 12.8 Å². The summed E-state index contributed by atoms with van der Waals surface area (Å²) in [7, 11) is 0. The number of carbonyl (C=O) groups excluding carboxylic acids is 4. The fraction of sp³-hybridized carbons (Fsp3) is 0.936. The van der Waals surface area contributed by atoms with Gasteiger partial charge in [-0.05, 0) is 19.3 Å². The predicted octanol–water partition coefficient (Wildman–Crippen LogP) is -5.07. The van der Waals surface area contributed by atoms with Crippen molar-refractivity contribution in [1.82, 2.24) is 21.3 Å². The number of aliphatic hydroxyl groups is 23. The van der Waals surface area contributed by atoms with Crippen LogP contribution < -0.4 is 21.3 Å². The van der Waals surface area contributed by atoms with E-state index in [1.165, 1.54) is 128 Å². The number of allylic oxidation sites excluding steroid dienone is 1. The second-order valence-corrected chi connectivity index (χ2v) is 38.5. The minimum atomic E-state index is -2.48. The Labute approximate surface area is 823 Å². The third kappa shape index (κ3) is 36.2. The van der Waals surface area contributed by atoms with Gasteiger partial charge in [0, 0.05) is 27.2 Å². The first-order valence-corrected chi connectivity index (χ1v) is 51.0. The maximum absolute atomic E-state index is 13.7. The third-order valence-corrected chi connectivity index (χ3v) is 27.3. The maximum atomic E-state index is 13.7. The van der Waals surface area contributed by atoms with Crippen molar-refractivity contribution in [3.8, 4) is 0 Å². The molecule has 8 aliphatic rings. The van der Waals surface area contributed by atoms with E-state index in [-0.39, 0.29) is 12.3 Å². The van der Waals surface area contributed by atoms with Crippen molar-refractivity contribution in [3.63, 3.8) is 0 Å². The van der Waals surface area contributed by atoms with Crippen LogP contribution in [0, 0.1) is 0 Å². The first-order chi connectivity index (χ1) is 67.6. The molecule has 822 valence electrons. The van der Waals surface area contributed by atoms with Crippen LogP contribution in [0.4, 0.5) is 0 Å². The molecular weight excluding hydrogens is 1870 g/mol. The van der Waals surface area contributed by atoms with Crippen molar-refractivity contribution < 1.29 is 212 Å². The normalized spacial score (nSPS) is 38.6. The summed E-state index contributed by atoms with van der Waals surface area (Å²) >= 11 is 0. The number of rotatable bonds is 63. The molecule has 16 unspecified atom stereocenters. The molecular formula is C94H168N4O43. The second-order valence-electron chi connectivity index (χ2n) is 38.5. The zero-order chi connectivity index (χ0) is 103. The topological polar surface area (TPSA) is 729 Å². The molecule has 47 nitrogen and oxygen atoms in total. The lowest BCUT2D eigenvalue weighted by Crippen LogP contribution is -2.71. The Morgan fingerprint density at radius 2 is 0.560 bits per heavy atom. The monoisotopic (exact) mass is 2040 g/mol. The van der Waals surface area contributed by atoms with Crippen LogP contribution in [-0.2, 0) is 95.0 Å². The Hall–Kier alpha value is -3.94. The van der Waals surface area contributed by atoms with Gasteiger partial charge in [0.25, 0.3) is 0 Å². The van der Waals surface area contributed by atoms with Crippen LogP contribution in [0.2, 0.25) is 0 Å². The largest absolute Gasteiger partial charge is 0.394 e. The quantitative estimate of drug-likeness (QED) is 0.0200. The first kappa shape index (κ1) is 122. The van der Waals surface area contributed by atoms with Gasteiger partial charge in [-0.15, -0.1) is 0 Å². The molecule has 8 heterocycles. The van der Waals surface area contributed by atoms with Gasteiger partial charge in [0.2, 0.25) is 23.6 Å². The first-order valence-electron chi connectivity index (χ1n) is 51.0. The van der Waals surface area contributed by atoms with Crippen molar-refractivity contribution >= 4 is 23.6 Å². The molecule has 0 aromatic rings. The van der Waals surface area contributed by atoms with Gasteiger partial charge in [-0.2, -0.15) is 0 Å². The molecule has 0 aromatic heterocycles. The highest BCUT2D eigenvalue weighted by atomic mass is 16.8. The van der Waals surface area contributed by atoms with Crippen LogP contribution in [-0.4, -0.2) is 458 Å². The number of hydrogen-bond acceptors (Lipinski definition) is 43. The Bertz CT molecular complexity index is 3470. The molecule has 0 bridgehead atoms. The number of ether oxygens (including phenoxy) is 16. The van der Waals surface area contributed by atoms with E-state index in [9.17, 15) is 137 Å². The molecule has 141 heavy (non-hydrogen) atoms. The molecule has 42 atom stereocenters. The standard InChI is InChI=1S/C94H168N4O43/c1-6-8-10-12-14-16-18-20-21-22-23-24-25-27-29-31-33-35-37-39-62(110)98-52(53(109)38-36-34-32-30-28-26-19-17-15-13-11-9-7-2)47-126-90-78(123)75(120)84(60(46-105)134-90)139-93-79(124)85(68(113)56(42-101)130-93)140-88-65(97-51(5)108)72(117)83(59(45-104)133-88)138-94-80(125)86(141-89-64(96-50(4)107)71(116)82(58(44-103)132-89)137-92-77(122)74(119)67(112)55(41-100)129-92)69(114)61(135-94)48-127-87-63(95-49(3)106)70(115)81(57(43-102)131-87)136-91-76(121)73(118)66(111)54(40-99)128-91/h36,38,52-61,63-94,99-105,109,111-125H,6-35,37,39-48H2,1-5H3,(H,95,106)(H,96,107)(H,97,108)(H,98,110)/b38-36+/t52-,53+,54?,55?,56?,57?,58?,59?,60?,61?,63?,64?,65?,66-,67-,68-,69-,70+,71+,72+,73-,74-,75+,76?,77?,78?,79?,80?,81+,82+,83+,84+,85-,86-,87+,88-,89-,90+,91-,92-,93-,94-/m0/s1. The SMILES string of the molecule is CCCCCCCCCCCCC/C=C/[C@@H](O)[C@H](CO[C@@H]1OC(CO)[C@@H](O[C@@H]2OC(CO)[C@H](O)[C@H](O[C@@H]3OC(CO)[C@@H](O[C@@H]4OC(CO[C@@H]5OC(CO)[C@@H](O[C@@H]6OC(CO)[C@H](O)[C@H](O)C6O)[C@H](O)C5NC(C)=O)[C@H](O)[C@H](O[C@@H]5OC(CO)[C@@H](O[C@@H]6OC(CO)[C@H](O)[C@H](O)C6O)[C@H](O)C5NC(C)=O)C4O)[C@H](O)C3NC(C)=O)C2O)[C@H](O)C1O)NC(=O)CCCCCCCCCCCCCCCCCCCCC. The molecule has 0 saturated carbocycles. The predicted molar refractivity (Wildman–Crippen MR) is 489 cm³/mol. The molecule has 27 N–H and O–H groups in total. The van der Waals surface area contributed by atoms with Gasteiger partial charge in [0.15, 0.2) is 50.3 Å². The van der Waals surface area contributed by atoms with Crippen molar-refractivity contribution in [1.29, 1.82) is 0 Å². The van der Waals surface area contributed by atoms with E-state index in [4.69, 9.17) is 75.8 Å². The average molecular weight is 2040 g/mol. The molecule has 0 aromatic carbocycles. The summed E-state index contributed by atoms with van der Waals surface area (Å²) in [6.07, 6.45) is -36.8. The van der Waals surface area contributed by atoms with Crippen molar-refractivity contribution in [3.05, 3.63) is 12.2 Å². The fourth-order valence-electron chi connectivity index (χ4n) is 19.1. The highest BCUT2D eigenvalue weighted by molar-refractivity contribution is 5.76. The molecule has 0 spiro atoms. The maximum Gasteiger partial charge on any atom is 0.220 e. The molecule has 8 aliphatic heterocycles. The Morgan fingerprint density at radius 1 is 0.284 bits per heavy atom. The summed E-state index contributed by atoms with van der Waals surface area (Å²) in [5.74, 6) is -3.15. The third-order valence-electron chi connectivity index (χ3n) is 27.3. The van der Waals surface area contributed by atoms with Crippen molar-refractivity contribution in [2.24, 2.45) is 0 Å². The van der Waals surface area contributed by atoms with Gasteiger partial charge in [-0.1, -0.05) is 206 Å². The summed E-state index contributed by atoms with van der Waals surface area (Å²) in [6.45, 7) is -1.56. The second kappa shape index (κ2) is 63.9. The van der Waals surface area contributed by atoms with E-state index < -0.39 is 335 Å².